The predicted molar refractivity (Wildman–Crippen MR) is 87.5 cm³/mol. The maximum Gasteiger partial charge on any atom is 0.259 e. The quantitative estimate of drug-likeness (QED) is 0.628. The Morgan fingerprint density at radius 1 is 1.09 bits per heavy atom. The minimum absolute atomic E-state index is 0.145. The number of nitrogens with zero attached hydrogens (tertiary/aromatic N) is 1. The number of carbonyl (C=O) groups excluding carboxylic acids is 2. The Bertz CT molecular complexity index is 682. The molecule has 118 valence electrons. The van der Waals surface area contributed by atoms with E-state index in [4.69, 9.17) is 4.74 Å². The molecule has 0 heterocycles. The van der Waals surface area contributed by atoms with E-state index in [0.717, 1.165) is 11.3 Å². The van der Waals surface area contributed by atoms with Gasteiger partial charge in [0.15, 0.2) is 0 Å². The van der Waals surface area contributed by atoms with Crippen LogP contribution in [0.15, 0.2) is 59.7 Å². The summed E-state index contributed by atoms with van der Waals surface area (Å²) in [5.74, 6) is 0.0359. The minimum Gasteiger partial charge on any atom is -0.497 e. The third-order valence-corrected chi connectivity index (χ3v) is 2.96. The molecule has 2 N–H and O–H groups in total. The lowest BCUT2D eigenvalue weighted by Crippen LogP contribution is -2.34. The SMILES string of the molecule is COc1ccc(C=NNC(=O)CNC(=O)c2ccccc2)cc1. The number of carbonyl (C=O) groups is 2. The van der Waals surface area contributed by atoms with Crippen molar-refractivity contribution < 1.29 is 14.3 Å². The van der Waals surface area contributed by atoms with Crippen molar-refractivity contribution in [3.05, 3.63) is 65.7 Å². The molecule has 0 atom stereocenters. The molecule has 2 rings (SSSR count). The number of rotatable bonds is 6. The van der Waals surface area contributed by atoms with Crippen LogP contribution in [0.25, 0.3) is 0 Å². The molecular weight excluding hydrogens is 294 g/mol. The van der Waals surface area contributed by atoms with E-state index < -0.39 is 5.91 Å². The van der Waals surface area contributed by atoms with Gasteiger partial charge in [-0.2, -0.15) is 5.10 Å². The van der Waals surface area contributed by atoms with Crippen LogP contribution >= 0.6 is 0 Å². The molecule has 23 heavy (non-hydrogen) atoms. The summed E-state index contributed by atoms with van der Waals surface area (Å²) in [5, 5.41) is 6.35. The Labute approximate surface area is 134 Å². The number of nitrogens with one attached hydrogen (secondary N) is 2. The van der Waals surface area contributed by atoms with E-state index in [1.165, 1.54) is 6.21 Å². The van der Waals surface area contributed by atoms with E-state index in [1.54, 1.807) is 43.5 Å². The zero-order valence-electron chi connectivity index (χ0n) is 12.7. The van der Waals surface area contributed by atoms with Gasteiger partial charge in [-0.05, 0) is 42.0 Å². The van der Waals surface area contributed by atoms with E-state index in [9.17, 15) is 9.59 Å². The lowest BCUT2D eigenvalue weighted by molar-refractivity contribution is -0.120. The Balaban J connectivity index is 1.76. The van der Waals surface area contributed by atoms with Gasteiger partial charge in [0.05, 0.1) is 19.9 Å². The van der Waals surface area contributed by atoms with Crippen LogP contribution in [-0.2, 0) is 4.79 Å². The molecule has 2 amide bonds. The zero-order chi connectivity index (χ0) is 16.5. The fourth-order valence-electron chi connectivity index (χ4n) is 1.76. The number of hydrogen-bond acceptors (Lipinski definition) is 4. The van der Waals surface area contributed by atoms with Crippen molar-refractivity contribution in [2.45, 2.75) is 0 Å². The van der Waals surface area contributed by atoms with Gasteiger partial charge in [0.25, 0.3) is 11.8 Å². The van der Waals surface area contributed by atoms with Crippen LogP contribution in [0.5, 0.6) is 5.75 Å². The van der Waals surface area contributed by atoms with Crippen LogP contribution in [0.3, 0.4) is 0 Å². The van der Waals surface area contributed by atoms with Crippen molar-refractivity contribution in [2.24, 2.45) is 5.10 Å². The summed E-state index contributed by atoms with van der Waals surface area (Å²) in [6, 6.07) is 15.9. The van der Waals surface area contributed by atoms with Crippen LogP contribution in [0.4, 0.5) is 0 Å². The Kier molecular flexibility index (Phi) is 5.88. The maximum absolute atomic E-state index is 11.8. The smallest absolute Gasteiger partial charge is 0.259 e. The Morgan fingerprint density at radius 2 is 1.78 bits per heavy atom. The van der Waals surface area contributed by atoms with Crippen LogP contribution in [0, 0.1) is 0 Å². The summed E-state index contributed by atoms with van der Waals surface area (Å²) in [6.07, 6.45) is 1.51. The molecule has 2 aromatic carbocycles. The number of amides is 2. The lowest BCUT2D eigenvalue weighted by Gasteiger charge is -2.04. The Hall–Kier alpha value is -3.15. The fourth-order valence-corrected chi connectivity index (χ4v) is 1.76. The van der Waals surface area contributed by atoms with Crippen LogP contribution in [0.1, 0.15) is 15.9 Å². The topological polar surface area (TPSA) is 79.8 Å². The third-order valence-electron chi connectivity index (χ3n) is 2.96. The van der Waals surface area contributed by atoms with E-state index in [0.29, 0.717) is 5.56 Å². The first-order chi connectivity index (χ1) is 11.2. The summed E-state index contributed by atoms with van der Waals surface area (Å²) in [4.78, 5) is 23.4. The molecule has 0 radical (unpaired) electrons. The summed E-state index contributed by atoms with van der Waals surface area (Å²) < 4.78 is 5.05. The van der Waals surface area contributed by atoms with Gasteiger partial charge in [-0.15, -0.1) is 0 Å². The van der Waals surface area contributed by atoms with Gasteiger partial charge in [0.2, 0.25) is 0 Å². The summed E-state index contributed by atoms with van der Waals surface area (Å²) in [6.45, 7) is -0.145. The highest BCUT2D eigenvalue weighted by Gasteiger charge is 2.06. The van der Waals surface area contributed by atoms with Gasteiger partial charge in [-0.3, -0.25) is 9.59 Å². The van der Waals surface area contributed by atoms with Crippen molar-refractivity contribution in [1.82, 2.24) is 10.7 Å². The monoisotopic (exact) mass is 311 g/mol. The van der Waals surface area contributed by atoms with Gasteiger partial charge in [-0.25, -0.2) is 5.43 Å². The predicted octanol–water partition coefficient (Wildman–Crippen LogP) is 1.58. The van der Waals surface area contributed by atoms with Crippen LogP contribution < -0.4 is 15.5 Å². The fraction of sp³-hybridized carbons (Fsp3) is 0.118. The first kappa shape index (κ1) is 16.2. The molecule has 0 aliphatic rings. The number of benzene rings is 2. The standard InChI is InChI=1S/C17H17N3O3/c1-23-15-9-7-13(8-10-15)11-19-20-16(21)12-18-17(22)14-5-3-2-4-6-14/h2-11H,12H2,1H3,(H,18,22)(H,20,21). The molecular formula is C17H17N3O3. The van der Waals surface area contributed by atoms with Gasteiger partial charge in [-0.1, -0.05) is 18.2 Å². The summed E-state index contributed by atoms with van der Waals surface area (Å²) in [7, 11) is 1.59. The molecule has 0 aliphatic heterocycles. The first-order valence-electron chi connectivity index (χ1n) is 6.98. The normalized spacial score (nSPS) is 10.3. The highest BCUT2D eigenvalue weighted by molar-refractivity contribution is 5.96. The van der Waals surface area contributed by atoms with Crippen molar-refractivity contribution in [3.8, 4) is 5.75 Å². The molecule has 0 bridgehead atoms. The average molecular weight is 311 g/mol. The molecule has 0 aliphatic carbocycles. The maximum atomic E-state index is 11.8. The molecule has 2 aromatic rings. The van der Waals surface area contributed by atoms with Crippen LogP contribution in [0.2, 0.25) is 0 Å². The van der Waals surface area contributed by atoms with Crippen molar-refractivity contribution in [2.75, 3.05) is 13.7 Å². The first-order valence-corrected chi connectivity index (χ1v) is 6.98. The molecule has 0 aromatic heterocycles. The van der Waals surface area contributed by atoms with E-state index in [2.05, 4.69) is 15.8 Å². The molecule has 6 nitrogen and oxygen atoms in total. The molecule has 6 heteroatoms. The van der Waals surface area contributed by atoms with Crippen LogP contribution in [-0.4, -0.2) is 31.7 Å². The lowest BCUT2D eigenvalue weighted by atomic mass is 10.2. The molecule has 0 spiro atoms. The molecule has 0 fully saturated rings. The highest BCUT2D eigenvalue weighted by Crippen LogP contribution is 2.09. The number of methoxy groups -OCH3 is 1. The third kappa shape index (κ3) is 5.28. The van der Waals surface area contributed by atoms with Gasteiger partial charge < -0.3 is 10.1 Å². The van der Waals surface area contributed by atoms with Gasteiger partial charge in [0, 0.05) is 5.56 Å². The van der Waals surface area contributed by atoms with E-state index in [1.807, 2.05) is 18.2 Å². The summed E-state index contributed by atoms with van der Waals surface area (Å²) in [5.41, 5.74) is 3.67. The molecule has 0 saturated heterocycles. The second kappa shape index (κ2) is 8.33. The number of hydrazone groups is 1. The summed E-state index contributed by atoms with van der Waals surface area (Å²) >= 11 is 0. The van der Waals surface area contributed by atoms with Gasteiger partial charge in [0.1, 0.15) is 5.75 Å². The van der Waals surface area contributed by atoms with Crippen molar-refractivity contribution >= 4 is 18.0 Å². The number of ether oxygens (including phenoxy) is 1. The van der Waals surface area contributed by atoms with Crippen molar-refractivity contribution in [1.29, 1.82) is 0 Å². The average Bonchev–Trinajstić information content (AvgIpc) is 2.61. The number of hydrogen-bond donors (Lipinski definition) is 2. The molecule has 0 unspecified atom stereocenters. The van der Waals surface area contributed by atoms with Gasteiger partial charge >= 0.3 is 0 Å². The second-order valence-electron chi connectivity index (χ2n) is 4.62. The van der Waals surface area contributed by atoms with E-state index in [-0.39, 0.29) is 12.5 Å². The Morgan fingerprint density at radius 3 is 2.43 bits per heavy atom. The largest absolute Gasteiger partial charge is 0.497 e. The highest BCUT2D eigenvalue weighted by atomic mass is 16.5. The molecule has 0 saturated carbocycles. The van der Waals surface area contributed by atoms with E-state index >= 15 is 0 Å². The zero-order valence-corrected chi connectivity index (χ0v) is 12.7. The van der Waals surface area contributed by atoms with Crippen molar-refractivity contribution in [3.63, 3.8) is 0 Å². The second-order valence-corrected chi connectivity index (χ2v) is 4.62. The minimum atomic E-state index is -0.404.